The minimum atomic E-state index is -1.46. The normalized spacial score (nSPS) is 11.2. The van der Waals surface area contributed by atoms with E-state index in [4.69, 9.17) is 14.9 Å². The molecule has 0 spiro atoms. The standard InChI is InChI=1S/C15H16BNO3/c1-2-20-17-15(12-6-4-3-5-7-12)13-8-10-14(11-9-13)16(18)19/h3-11,18-19H,2H2,1H3. The van der Waals surface area contributed by atoms with Crippen molar-refractivity contribution in [3.05, 3.63) is 65.7 Å². The zero-order valence-corrected chi connectivity index (χ0v) is 11.2. The van der Waals surface area contributed by atoms with Crippen LogP contribution in [0.25, 0.3) is 0 Å². The van der Waals surface area contributed by atoms with Gasteiger partial charge in [-0.2, -0.15) is 0 Å². The van der Waals surface area contributed by atoms with Crippen LogP contribution in [-0.4, -0.2) is 29.5 Å². The Hall–Kier alpha value is -2.11. The Kier molecular flexibility index (Phi) is 4.93. The Morgan fingerprint density at radius 1 is 1.00 bits per heavy atom. The number of hydrogen-bond acceptors (Lipinski definition) is 4. The molecule has 0 saturated heterocycles. The Morgan fingerprint density at radius 2 is 1.60 bits per heavy atom. The molecule has 102 valence electrons. The molecule has 0 aliphatic rings. The molecule has 2 rings (SSSR count). The van der Waals surface area contributed by atoms with Crippen molar-refractivity contribution in [3.63, 3.8) is 0 Å². The van der Waals surface area contributed by atoms with Crippen molar-refractivity contribution in [1.29, 1.82) is 0 Å². The number of benzene rings is 2. The molecule has 0 heterocycles. The zero-order valence-electron chi connectivity index (χ0n) is 11.2. The maximum absolute atomic E-state index is 9.11. The molecule has 0 bridgehead atoms. The third-order valence-electron chi connectivity index (χ3n) is 2.81. The van der Waals surface area contributed by atoms with Gasteiger partial charge in [0.2, 0.25) is 0 Å². The fraction of sp³-hybridized carbons (Fsp3) is 0.133. The summed E-state index contributed by atoms with van der Waals surface area (Å²) in [6.45, 7) is 2.36. The summed E-state index contributed by atoms with van der Waals surface area (Å²) in [5, 5.41) is 22.4. The quantitative estimate of drug-likeness (QED) is 0.486. The van der Waals surface area contributed by atoms with E-state index in [9.17, 15) is 0 Å². The van der Waals surface area contributed by atoms with Crippen molar-refractivity contribution in [2.75, 3.05) is 6.61 Å². The van der Waals surface area contributed by atoms with Gasteiger partial charge < -0.3 is 14.9 Å². The Labute approximate surface area is 118 Å². The predicted octanol–water partition coefficient (Wildman–Crippen LogP) is 1.16. The van der Waals surface area contributed by atoms with Gasteiger partial charge in [-0.15, -0.1) is 0 Å². The van der Waals surface area contributed by atoms with Gasteiger partial charge in [-0.25, -0.2) is 0 Å². The molecule has 4 nitrogen and oxygen atoms in total. The summed E-state index contributed by atoms with van der Waals surface area (Å²) in [5.74, 6) is 0. The first-order valence-corrected chi connectivity index (χ1v) is 6.44. The van der Waals surface area contributed by atoms with E-state index in [-0.39, 0.29) is 0 Å². The summed E-state index contributed by atoms with van der Waals surface area (Å²) in [5.41, 5.74) is 2.95. The number of rotatable bonds is 5. The van der Waals surface area contributed by atoms with Crippen molar-refractivity contribution >= 4 is 18.3 Å². The molecule has 0 saturated carbocycles. The van der Waals surface area contributed by atoms with Crippen LogP contribution in [0.2, 0.25) is 0 Å². The van der Waals surface area contributed by atoms with Crippen LogP contribution in [0.15, 0.2) is 59.8 Å². The van der Waals surface area contributed by atoms with Crippen LogP contribution in [-0.2, 0) is 4.84 Å². The lowest BCUT2D eigenvalue weighted by Gasteiger charge is -2.08. The predicted molar refractivity (Wildman–Crippen MR) is 80.0 cm³/mol. The monoisotopic (exact) mass is 269 g/mol. The van der Waals surface area contributed by atoms with Crippen LogP contribution in [0.4, 0.5) is 0 Å². The summed E-state index contributed by atoms with van der Waals surface area (Å²) < 4.78 is 0. The molecule has 0 aliphatic carbocycles. The maximum Gasteiger partial charge on any atom is 0.488 e. The lowest BCUT2D eigenvalue weighted by molar-refractivity contribution is 0.159. The van der Waals surface area contributed by atoms with Gasteiger partial charge in [0.05, 0.1) is 0 Å². The Morgan fingerprint density at radius 3 is 2.15 bits per heavy atom. The zero-order chi connectivity index (χ0) is 14.4. The topological polar surface area (TPSA) is 62.0 Å². The van der Waals surface area contributed by atoms with Crippen molar-refractivity contribution in [1.82, 2.24) is 0 Å². The molecule has 0 radical (unpaired) electrons. The highest BCUT2D eigenvalue weighted by Gasteiger charge is 2.12. The number of nitrogens with zero attached hydrogens (tertiary/aromatic N) is 1. The molecule has 2 aromatic rings. The van der Waals surface area contributed by atoms with E-state index >= 15 is 0 Å². The van der Waals surface area contributed by atoms with Gasteiger partial charge in [0.1, 0.15) is 12.3 Å². The van der Waals surface area contributed by atoms with E-state index in [1.807, 2.05) is 37.3 Å². The number of hydrogen-bond donors (Lipinski definition) is 2. The van der Waals surface area contributed by atoms with E-state index in [1.165, 1.54) is 0 Å². The lowest BCUT2D eigenvalue weighted by atomic mass is 9.80. The molecule has 5 heteroatoms. The molecular formula is C15H16BNO3. The minimum absolute atomic E-state index is 0.442. The maximum atomic E-state index is 9.11. The molecular weight excluding hydrogens is 253 g/mol. The van der Waals surface area contributed by atoms with Gasteiger partial charge in [0, 0.05) is 11.1 Å². The molecule has 2 N–H and O–H groups in total. The van der Waals surface area contributed by atoms with Gasteiger partial charge in [0.15, 0.2) is 0 Å². The number of oxime groups is 1. The second-order valence-corrected chi connectivity index (χ2v) is 4.22. The van der Waals surface area contributed by atoms with E-state index in [0.29, 0.717) is 17.8 Å². The van der Waals surface area contributed by atoms with Crippen molar-refractivity contribution in [3.8, 4) is 0 Å². The SMILES string of the molecule is CCON=C(c1ccccc1)c1ccc(B(O)O)cc1. The van der Waals surface area contributed by atoms with Crippen LogP contribution < -0.4 is 5.46 Å². The fourth-order valence-electron chi connectivity index (χ4n) is 1.81. The van der Waals surface area contributed by atoms with Gasteiger partial charge in [-0.05, 0) is 12.4 Å². The Bertz CT molecular complexity index is 567. The lowest BCUT2D eigenvalue weighted by Crippen LogP contribution is -2.29. The first-order valence-electron chi connectivity index (χ1n) is 6.44. The molecule has 0 aromatic heterocycles. The van der Waals surface area contributed by atoms with Crippen molar-refractivity contribution in [2.24, 2.45) is 5.16 Å². The second kappa shape index (κ2) is 6.89. The highest BCUT2D eigenvalue weighted by atomic mass is 16.6. The summed E-state index contributed by atoms with van der Waals surface area (Å²) in [6, 6.07) is 16.6. The average Bonchev–Trinajstić information content (AvgIpc) is 2.49. The van der Waals surface area contributed by atoms with Gasteiger partial charge in [-0.3, -0.25) is 0 Å². The fourth-order valence-corrected chi connectivity index (χ4v) is 1.81. The third-order valence-corrected chi connectivity index (χ3v) is 2.81. The first-order chi connectivity index (χ1) is 9.72. The highest BCUT2D eigenvalue weighted by Crippen LogP contribution is 2.10. The van der Waals surface area contributed by atoms with Gasteiger partial charge >= 0.3 is 7.12 Å². The van der Waals surface area contributed by atoms with Crippen LogP contribution in [0.5, 0.6) is 0 Å². The first kappa shape index (κ1) is 14.3. The summed E-state index contributed by atoms with van der Waals surface area (Å²) >= 11 is 0. The molecule has 0 fully saturated rings. The summed E-state index contributed by atoms with van der Waals surface area (Å²) in [4.78, 5) is 5.17. The molecule has 0 unspecified atom stereocenters. The highest BCUT2D eigenvalue weighted by molar-refractivity contribution is 6.58. The van der Waals surface area contributed by atoms with Crippen LogP contribution in [0.3, 0.4) is 0 Å². The third kappa shape index (κ3) is 3.47. The van der Waals surface area contributed by atoms with E-state index in [1.54, 1.807) is 24.3 Å². The summed E-state index contributed by atoms with van der Waals surface area (Å²) in [6.07, 6.45) is 0. The van der Waals surface area contributed by atoms with Gasteiger partial charge in [0.25, 0.3) is 0 Å². The average molecular weight is 269 g/mol. The molecule has 2 aromatic carbocycles. The van der Waals surface area contributed by atoms with E-state index in [2.05, 4.69) is 5.16 Å². The largest absolute Gasteiger partial charge is 0.488 e. The van der Waals surface area contributed by atoms with Crippen molar-refractivity contribution in [2.45, 2.75) is 6.92 Å². The van der Waals surface area contributed by atoms with Crippen molar-refractivity contribution < 1.29 is 14.9 Å². The second-order valence-electron chi connectivity index (χ2n) is 4.22. The molecule has 0 amide bonds. The molecule has 0 aliphatic heterocycles. The van der Waals surface area contributed by atoms with E-state index in [0.717, 1.165) is 11.1 Å². The molecule has 20 heavy (non-hydrogen) atoms. The molecule has 0 atom stereocenters. The van der Waals surface area contributed by atoms with Crippen LogP contribution in [0, 0.1) is 0 Å². The van der Waals surface area contributed by atoms with E-state index < -0.39 is 7.12 Å². The smallest absolute Gasteiger partial charge is 0.423 e. The minimum Gasteiger partial charge on any atom is -0.423 e. The summed E-state index contributed by atoms with van der Waals surface area (Å²) in [7, 11) is -1.46. The van der Waals surface area contributed by atoms with Gasteiger partial charge in [-0.1, -0.05) is 59.8 Å². The van der Waals surface area contributed by atoms with Crippen LogP contribution in [0.1, 0.15) is 18.1 Å². The van der Waals surface area contributed by atoms with Crippen LogP contribution >= 0.6 is 0 Å². The Balaban J connectivity index is 2.37.